The van der Waals surface area contributed by atoms with Gasteiger partial charge in [0, 0.05) is 17.7 Å². The summed E-state index contributed by atoms with van der Waals surface area (Å²) in [6, 6.07) is 14.0. The standard InChI is InChI=1S/C24H26FN3O2S/c1-3-17-6-8-18(9-7-17)22(29)16(2)31-24-27-26-23(19-10-12-20(25)13-11-19)28(24)15-21-5-4-14-30-21/h6-13,16,21H,3-5,14-15H2,1-2H3. The van der Waals surface area contributed by atoms with Crippen molar-refractivity contribution in [1.82, 2.24) is 14.8 Å². The summed E-state index contributed by atoms with van der Waals surface area (Å²) in [4.78, 5) is 13.0. The Morgan fingerprint density at radius 3 is 2.58 bits per heavy atom. The lowest BCUT2D eigenvalue weighted by molar-refractivity contribution is 0.0953. The van der Waals surface area contributed by atoms with E-state index in [1.54, 1.807) is 12.1 Å². The van der Waals surface area contributed by atoms with Crippen LogP contribution in [0.1, 0.15) is 42.6 Å². The second kappa shape index (κ2) is 9.75. The predicted molar refractivity (Wildman–Crippen MR) is 120 cm³/mol. The number of nitrogens with zero attached hydrogens (tertiary/aromatic N) is 3. The highest BCUT2D eigenvalue weighted by molar-refractivity contribution is 8.00. The molecule has 1 saturated heterocycles. The minimum absolute atomic E-state index is 0.0580. The fourth-order valence-corrected chi connectivity index (χ4v) is 4.63. The van der Waals surface area contributed by atoms with Crippen LogP contribution in [0.15, 0.2) is 53.7 Å². The van der Waals surface area contributed by atoms with Crippen LogP contribution in [0, 0.1) is 5.82 Å². The largest absolute Gasteiger partial charge is 0.376 e. The van der Waals surface area contributed by atoms with E-state index < -0.39 is 0 Å². The van der Waals surface area contributed by atoms with Crippen molar-refractivity contribution >= 4 is 17.5 Å². The van der Waals surface area contributed by atoms with Gasteiger partial charge >= 0.3 is 0 Å². The van der Waals surface area contributed by atoms with Gasteiger partial charge in [-0.25, -0.2) is 4.39 Å². The van der Waals surface area contributed by atoms with E-state index in [1.807, 2.05) is 35.8 Å². The number of carbonyl (C=O) groups is 1. The minimum Gasteiger partial charge on any atom is -0.376 e. The van der Waals surface area contributed by atoms with E-state index in [9.17, 15) is 9.18 Å². The summed E-state index contributed by atoms with van der Waals surface area (Å²) in [7, 11) is 0. The molecule has 5 nitrogen and oxygen atoms in total. The molecular weight excluding hydrogens is 413 g/mol. The minimum atomic E-state index is -0.319. The molecule has 3 aromatic rings. The number of benzene rings is 2. The molecule has 2 heterocycles. The Hall–Kier alpha value is -2.51. The van der Waals surface area contributed by atoms with Crippen molar-refractivity contribution < 1.29 is 13.9 Å². The second-order valence-electron chi connectivity index (χ2n) is 7.73. The number of aromatic nitrogens is 3. The maximum absolute atomic E-state index is 13.4. The first-order chi connectivity index (χ1) is 15.0. The van der Waals surface area contributed by atoms with Crippen molar-refractivity contribution in [2.45, 2.75) is 56.2 Å². The zero-order valence-electron chi connectivity index (χ0n) is 17.8. The first kappa shape index (κ1) is 21.7. The van der Waals surface area contributed by atoms with E-state index >= 15 is 0 Å². The van der Waals surface area contributed by atoms with E-state index in [-0.39, 0.29) is 23.0 Å². The number of ketones is 1. The lowest BCUT2D eigenvalue weighted by Crippen LogP contribution is -2.19. The van der Waals surface area contributed by atoms with Gasteiger partial charge in [-0.1, -0.05) is 43.0 Å². The molecule has 7 heteroatoms. The molecule has 0 spiro atoms. The normalized spacial score (nSPS) is 17.1. The molecule has 1 aromatic heterocycles. The monoisotopic (exact) mass is 439 g/mol. The lowest BCUT2D eigenvalue weighted by Gasteiger charge is -2.16. The summed E-state index contributed by atoms with van der Waals surface area (Å²) in [6.45, 7) is 5.34. The zero-order valence-corrected chi connectivity index (χ0v) is 18.6. The summed E-state index contributed by atoms with van der Waals surface area (Å²) in [6.07, 6.45) is 3.03. The molecule has 0 bridgehead atoms. The van der Waals surface area contributed by atoms with Crippen LogP contribution in [0.3, 0.4) is 0 Å². The summed E-state index contributed by atoms with van der Waals surface area (Å²) in [5, 5.41) is 9.09. The highest BCUT2D eigenvalue weighted by Gasteiger charge is 2.25. The second-order valence-corrected chi connectivity index (χ2v) is 9.04. The number of Topliss-reactive ketones (excluding diaryl/α,β-unsaturated/α-hetero) is 1. The molecule has 2 unspecified atom stereocenters. The Labute approximate surface area is 186 Å². The van der Waals surface area contributed by atoms with Crippen LogP contribution in [0.2, 0.25) is 0 Å². The SMILES string of the molecule is CCc1ccc(C(=O)C(C)Sc2nnc(-c3ccc(F)cc3)n2CC2CCCO2)cc1. The fourth-order valence-electron chi connectivity index (χ4n) is 3.70. The first-order valence-corrected chi connectivity index (χ1v) is 11.5. The Kier molecular flexibility index (Phi) is 6.83. The molecule has 31 heavy (non-hydrogen) atoms. The summed E-state index contributed by atoms with van der Waals surface area (Å²) >= 11 is 1.40. The number of carbonyl (C=O) groups excluding carboxylic acids is 1. The van der Waals surface area contributed by atoms with Gasteiger partial charge in [-0.05, 0) is 56.0 Å². The number of halogens is 1. The van der Waals surface area contributed by atoms with Crippen LogP contribution in [-0.2, 0) is 17.7 Å². The van der Waals surface area contributed by atoms with Gasteiger partial charge < -0.3 is 4.74 Å². The van der Waals surface area contributed by atoms with Crippen molar-refractivity contribution in [2.24, 2.45) is 0 Å². The van der Waals surface area contributed by atoms with Crippen molar-refractivity contribution in [1.29, 1.82) is 0 Å². The van der Waals surface area contributed by atoms with Crippen molar-refractivity contribution in [2.75, 3.05) is 6.61 Å². The van der Waals surface area contributed by atoms with E-state index in [4.69, 9.17) is 4.74 Å². The van der Waals surface area contributed by atoms with Crippen LogP contribution in [0.25, 0.3) is 11.4 Å². The topological polar surface area (TPSA) is 57.0 Å². The van der Waals surface area contributed by atoms with Gasteiger partial charge in [0.05, 0.1) is 17.9 Å². The van der Waals surface area contributed by atoms with Crippen LogP contribution in [0.5, 0.6) is 0 Å². The third-order valence-corrected chi connectivity index (χ3v) is 6.61. The average Bonchev–Trinajstić information content (AvgIpc) is 3.45. The highest BCUT2D eigenvalue weighted by Crippen LogP contribution is 2.30. The molecule has 1 aliphatic rings. The summed E-state index contributed by atoms with van der Waals surface area (Å²) < 4.78 is 21.2. The summed E-state index contributed by atoms with van der Waals surface area (Å²) in [5.41, 5.74) is 2.69. The maximum atomic E-state index is 13.4. The number of hydrogen-bond acceptors (Lipinski definition) is 5. The van der Waals surface area contributed by atoms with E-state index in [0.29, 0.717) is 23.1 Å². The highest BCUT2D eigenvalue weighted by atomic mass is 32.2. The molecule has 0 amide bonds. The number of rotatable bonds is 8. The Morgan fingerprint density at radius 1 is 1.19 bits per heavy atom. The average molecular weight is 440 g/mol. The Morgan fingerprint density at radius 2 is 1.94 bits per heavy atom. The predicted octanol–water partition coefficient (Wildman–Crippen LogP) is 5.19. The van der Waals surface area contributed by atoms with Crippen molar-refractivity contribution in [3.8, 4) is 11.4 Å². The quantitative estimate of drug-likeness (QED) is 0.357. The smallest absolute Gasteiger partial charge is 0.192 e. The molecule has 2 atom stereocenters. The summed E-state index contributed by atoms with van der Waals surface area (Å²) in [5.74, 6) is 0.421. The number of hydrogen-bond donors (Lipinski definition) is 0. The lowest BCUT2D eigenvalue weighted by atomic mass is 10.1. The van der Waals surface area contributed by atoms with Gasteiger partial charge in [-0.15, -0.1) is 10.2 Å². The molecule has 1 fully saturated rings. The number of thioether (sulfide) groups is 1. The van der Waals surface area contributed by atoms with Crippen molar-refractivity contribution in [3.63, 3.8) is 0 Å². The van der Waals surface area contributed by atoms with Crippen molar-refractivity contribution in [3.05, 3.63) is 65.5 Å². The number of aryl methyl sites for hydroxylation is 1. The third-order valence-electron chi connectivity index (χ3n) is 5.53. The molecule has 2 aromatic carbocycles. The van der Waals surface area contributed by atoms with Gasteiger partial charge in [-0.3, -0.25) is 9.36 Å². The Bertz CT molecular complexity index is 1030. The molecule has 1 aliphatic heterocycles. The van der Waals surface area contributed by atoms with Gasteiger partial charge in [0.25, 0.3) is 0 Å². The van der Waals surface area contributed by atoms with Crippen LogP contribution in [0.4, 0.5) is 4.39 Å². The number of ether oxygens (including phenoxy) is 1. The zero-order chi connectivity index (χ0) is 21.8. The molecule has 0 aliphatic carbocycles. The van der Waals surface area contributed by atoms with Gasteiger partial charge in [0.1, 0.15) is 5.82 Å². The maximum Gasteiger partial charge on any atom is 0.192 e. The van der Waals surface area contributed by atoms with Gasteiger partial charge in [-0.2, -0.15) is 0 Å². The molecule has 0 radical (unpaired) electrons. The van der Waals surface area contributed by atoms with Crippen LogP contribution >= 0.6 is 11.8 Å². The fraction of sp³-hybridized carbons (Fsp3) is 0.375. The Balaban J connectivity index is 1.58. The third kappa shape index (κ3) is 5.05. The van der Waals surface area contributed by atoms with E-state index in [1.165, 1.54) is 29.5 Å². The molecule has 4 rings (SSSR count). The first-order valence-electron chi connectivity index (χ1n) is 10.7. The van der Waals surface area contributed by atoms with E-state index in [2.05, 4.69) is 17.1 Å². The molecule has 162 valence electrons. The van der Waals surface area contributed by atoms with Gasteiger partial charge in [0.15, 0.2) is 16.8 Å². The van der Waals surface area contributed by atoms with Gasteiger partial charge in [0.2, 0.25) is 0 Å². The molecule has 0 N–H and O–H groups in total. The van der Waals surface area contributed by atoms with Crippen LogP contribution in [-0.4, -0.2) is 38.5 Å². The molecule has 0 saturated carbocycles. The molecular formula is C24H26FN3O2S. The van der Waals surface area contributed by atoms with Crippen LogP contribution < -0.4 is 0 Å². The van der Waals surface area contributed by atoms with E-state index in [0.717, 1.165) is 31.4 Å².